The van der Waals surface area contributed by atoms with Crippen molar-refractivity contribution in [2.24, 2.45) is 0 Å². The van der Waals surface area contributed by atoms with Crippen molar-refractivity contribution in [2.75, 3.05) is 6.54 Å². The lowest BCUT2D eigenvalue weighted by Crippen LogP contribution is -2.22. The topological polar surface area (TPSA) is 24.9 Å². The molecule has 1 atom stereocenters. The minimum Gasteiger partial charge on any atom is -0.309 e. The average Bonchev–Trinajstić information content (AvgIpc) is 2.96. The van der Waals surface area contributed by atoms with Crippen molar-refractivity contribution in [3.8, 4) is 0 Å². The van der Waals surface area contributed by atoms with Crippen molar-refractivity contribution < 1.29 is 0 Å². The van der Waals surface area contributed by atoms with Gasteiger partial charge in [0.2, 0.25) is 0 Å². The molecule has 1 unspecified atom stereocenters. The van der Waals surface area contributed by atoms with Gasteiger partial charge in [-0.1, -0.05) is 26.8 Å². The lowest BCUT2D eigenvalue weighted by atomic mass is 10.1. The molecule has 3 heteroatoms. The summed E-state index contributed by atoms with van der Waals surface area (Å²) in [7, 11) is 0. The lowest BCUT2D eigenvalue weighted by molar-refractivity contribution is 0.552. The van der Waals surface area contributed by atoms with Gasteiger partial charge in [0, 0.05) is 34.1 Å². The maximum Gasteiger partial charge on any atom is 0.0470 e. The standard InChI is InChI=1S/C17H24N2S/c1-4-13-7-8-14(19-12-13)11-16(18-6-3)17-10-9-15(5-2)20-17/h7-10,12,16,18H,4-6,11H2,1-3H3. The van der Waals surface area contributed by atoms with Crippen LogP contribution in [0, 0.1) is 0 Å². The zero-order chi connectivity index (χ0) is 14.4. The first-order valence-electron chi connectivity index (χ1n) is 7.52. The van der Waals surface area contributed by atoms with Crippen LogP contribution in [0.1, 0.15) is 47.8 Å². The SMILES string of the molecule is CCNC(Cc1ccc(CC)cn1)c1ccc(CC)s1. The second kappa shape index (κ2) is 7.55. The fourth-order valence-electron chi connectivity index (χ4n) is 2.29. The molecule has 2 nitrogen and oxygen atoms in total. The number of hydrogen-bond acceptors (Lipinski definition) is 3. The summed E-state index contributed by atoms with van der Waals surface area (Å²) in [5.74, 6) is 0. The highest BCUT2D eigenvalue weighted by molar-refractivity contribution is 7.12. The van der Waals surface area contributed by atoms with Gasteiger partial charge in [-0.25, -0.2) is 0 Å². The number of hydrogen-bond donors (Lipinski definition) is 1. The summed E-state index contributed by atoms with van der Waals surface area (Å²) in [6.45, 7) is 7.52. The molecular formula is C17H24N2S. The normalized spacial score (nSPS) is 12.6. The molecule has 1 N–H and O–H groups in total. The third kappa shape index (κ3) is 3.90. The van der Waals surface area contributed by atoms with Gasteiger partial charge in [0.25, 0.3) is 0 Å². The maximum atomic E-state index is 4.59. The number of aryl methyl sites for hydroxylation is 2. The smallest absolute Gasteiger partial charge is 0.0470 e. The van der Waals surface area contributed by atoms with Gasteiger partial charge in [0.05, 0.1) is 0 Å². The molecule has 2 heterocycles. The van der Waals surface area contributed by atoms with Crippen LogP contribution >= 0.6 is 11.3 Å². The van der Waals surface area contributed by atoms with Crippen LogP contribution in [0.5, 0.6) is 0 Å². The number of pyridine rings is 1. The van der Waals surface area contributed by atoms with E-state index < -0.39 is 0 Å². The van der Waals surface area contributed by atoms with Crippen molar-refractivity contribution in [1.82, 2.24) is 10.3 Å². The zero-order valence-electron chi connectivity index (χ0n) is 12.6. The van der Waals surface area contributed by atoms with Gasteiger partial charge in [0.1, 0.15) is 0 Å². The van der Waals surface area contributed by atoms with Gasteiger partial charge in [0.15, 0.2) is 0 Å². The fourth-order valence-corrected chi connectivity index (χ4v) is 3.31. The van der Waals surface area contributed by atoms with Gasteiger partial charge in [-0.15, -0.1) is 11.3 Å². The highest BCUT2D eigenvalue weighted by Gasteiger charge is 2.14. The molecule has 0 aliphatic heterocycles. The third-order valence-corrected chi connectivity index (χ3v) is 4.88. The van der Waals surface area contributed by atoms with Crippen molar-refractivity contribution in [3.05, 3.63) is 51.5 Å². The molecule has 0 aliphatic carbocycles. The number of aromatic nitrogens is 1. The van der Waals surface area contributed by atoms with E-state index in [1.165, 1.54) is 21.0 Å². The van der Waals surface area contributed by atoms with E-state index in [0.29, 0.717) is 6.04 Å². The Kier molecular flexibility index (Phi) is 5.74. The van der Waals surface area contributed by atoms with Gasteiger partial charge in [-0.2, -0.15) is 0 Å². The number of likely N-dealkylation sites (N-methyl/N-ethyl adjacent to an activating group) is 1. The van der Waals surface area contributed by atoms with Gasteiger partial charge >= 0.3 is 0 Å². The molecule has 0 fully saturated rings. The van der Waals surface area contributed by atoms with E-state index in [9.17, 15) is 0 Å². The number of nitrogens with zero attached hydrogens (tertiary/aromatic N) is 1. The Morgan fingerprint density at radius 2 is 1.95 bits per heavy atom. The van der Waals surface area contributed by atoms with Gasteiger partial charge in [-0.3, -0.25) is 4.98 Å². The molecule has 0 saturated heterocycles. The predicted octanol–water partition coefficient (Wildman–Crippen LogP) is 4.16. The lowest BCUT2D eigenvalue weighted by Gasteiger charge is -2.16. The number of nitrogens with one attached hydrogen (secondary N) is 1. The third-order valence-electron chi connectivity index (χ3n) is 3.53. The number of thiophene rings is 1. The summed E-state index contributed by atoms with van der Waals surface area (Å²) in [5, 5.41) is 3.58. The largest absolute Gasteiger partial charge is 0.309 e. The number of rotatable bonds is 7. The molecule has 0 spiro atoms. The van der Waals surface area contributed by atoms with E-state index >= 15 is 0 Å². The summed E-state index contributed by atoms with van der Waals surface area (Å²) < 4.78 is 0. The molecule has 0 amide bonds. The van der Waals surface area contributed by atoms with Crippen molar-refractivity contribution >= 4 is 11.3 Å². The summed E-state index contributed by atoms with van der Waals surface area (Å²) in [6.07, 6.45) is 5.13. The molecule has 2 aromatic rings. The quantitative estimate of drug-likeness (QED) is 0.827. The van der Waals surface area contributed by atoms with E-state index in [2.05, 4.69) is 55.3 Å². The summed E-state index contributed by atoms with van der Waals surface area (Å²) in [6, 6.07) is 9.24. The second-order valence-electron chi connectivity index (χ2n) is 4.98. The Bertz CT molecular complexity index is 516. The molecule has 20 heavy (non-hydrogen) atoms. The van der Waals surface area contributed by atoms with Crippen LogP contribution in [-0.4, -0.2) is 11.5 Å². The molecule has 108 valence electrons. The minimum atomic E-state index is 0.380. The molecule has 0 aliphatic rings. The van der Waals surface area contributed by atoms with Gasteiger partial charge < -0.3 is 5.32 Å². The first-order valence-corrected chi connectivity index (χ1v) is 8.34. The highest BCUT2D eigenvalue weighted by atomic mass is 32.1. The Hall–Kier alpha value is -1.19. The average molecular weight is 288 g/mol. The van der Waals surface area contributed by atoms with Crippen LogP contribution in [0.2, 0.25) is 0 Å². The Morgan fingerprint density at radius 1 is 1.10 bits per heavy atom. The molecule has 2 rings (SSSR count). The van der Waals surface area contributed by atoms with Crippen molar-refractivity contribution in [1.29, 1.82) is 0 Å². The minimum absolute atomic E-state index is 0.380. The summed E-state index contributed by atoms with van der Waals surface area (Å²) in [5.41, 5.74) is 2.47. The first-order chi connectivity index (χ1) is 9.76. The van der Waals surface area contributed by atoms with E-state index in [4.69, 9.17) is 0 Å². The summed E-state index contributed by atoms with van der Waals surface area (Å²) >= 11 is 1.92. The Balaban J connectivity index is 2.11. The second-order valence-corrected chi connectivity index (χ2v) is 6.18. The summed E-state index contributed by atoms with van der Waals surface area (Å²) in [4.78, 5) is 7.47. The Labute approximate surface area is 126 Å². The first kappa shape index (κ1) is 15.2. The van der Waals surface area contributed by atoms with Crippen LogP contribution in [0.4, 0.5) is 0 Å². The highest BCUT2D eigenvalue weighted by Crippen LogP contribution is 2.26. The van der Waals surface area contributed by atoms with Crippen LogP contribution in [0.3, 0.4) is 0 Å². The van der Waals surface area contributed by atoms with Crippen molar-refractivity contribution in [2.45, 2.75) is 46.1 Å². The molecule has 2 aromatic heterocycles. The fraction of sp³-hybridized carbons (Fsp3) is 0.471. The maximum absolute atomic E-state index is 4.59. The van der Waals surface area contributed by atoms with E-state index in [1.807, 2.05) is 17.5 Å². The Morgan fingerprint density at radius 3 is 2.50 bits per heavy atom. The molecule has 0 radical (unpaired) electrons. The van der Waals surface area contributed by atoms with E-state index in [1.54, 1.807) is 0 Å². The van der Waals surface area contributed by atoms with Crippen LogP contribution in [-0.2, 0) is 19.3 Å². The van der Waals surface area contributed by atoms with Gasteiger partial charge in [-0.05, 0) is 43.1 Å². The van der Waals surface area contributed by atoms with E-state index in [-0.39, 0.29) is 0 Å². The van der Waals surface area contributed by atoms with Crippen molar-refractivity contribution in [3.63, 3.8) is 0 Å². The molecule has 0 bridgehead atoms. The molecular weight excluding hydrogens is 264 g/mol. The zero-order valence-corrected chi connectivity index (χ0v) is 13.5. The molecule has 0 saturated carbocycles. The van der Waals surface area contributed by atoms with Crippen LogP contribution in [0.15, 0.2) is 30.5 Å². The monoisotopic (exact) mass is 288 g/mol. The predicted molar refractivity (Wildman–Crippen MR) is 87.4 cm³/mol. The van der Waals surface area contributed by atoms with Crippen LogP contribution < -0.4 is 5.32 Å². The molecule has 0 aromatic carbocycles. The van der Waals surface area contributed by atoms with E-state index in [0.717, 1.165) is 25.8 Å². The van der Waals surface area contributed by atoms with Crippen LogP contribution in [0.25, 0.3) is 0 Å².